The summed E-state index contributed by atoms with van der Waals surface area (Å²) in [5, 5.41) is 7.83. The van der Waals surface area contributed by atoms with Crippen LogP contribution in [0.5, 0.6) is 11.5 Å². The number of carbonyl (C=O) groups excluding carboxylic acids is 4. The molecule has 0 bridgehead atoms. The van der Waals surface area contributed by atoms with E-state index in [1.165, 1.54) is 25.1 Å². The molecular weight excluding hydrogens is 450 g/mol. The van der Waals surface area contributed by atoms with Crippen molar-refractivity contribution in [2.75, 3.05) is 23.8 Å². The highest BCUT2D eigenvalue weighted by Gasteiger charge is 2.22. The molecule has 0 saturated heterocycles. The molecule has 3 aromatic carbocycles. The van der Waals surface area contributed by atoms with Gasteiger partial charge < -0.3 is 25.4 Å². The minimum absolute atomic E-state index is 0.0605. The summed E-state index contributed by atoms with van der Waals surface area (Å²) in [4.78, 5) is 49.3. The van der Waals surface area contributed by atoms with Gasteiger partial charge in [0.05, 0.1) is 17.8 Å². The van der Waals surface area contributed by atoms with Crippen molar-refractivity contribution in [3.8, 4) is 11.5 Å². The summed E-state index contributed by atoms with van der Waals surface area (Å²) >= 11 is 0. The van der Waals surface area contributed by atoms with Gasteiger partial charge in [0.25, 0.3) is 17.6 Å². The number of para-hydroxylation sites is 3. The maximum Gasteiger partial charge on any atom is 0.296 e. The van der Waals surface area contributed by atoms with E-state index in [0.29, 0.717) is 23.7 Å². The lowest BCUT2D eigenvalue weighted by Gasteiger charge is -2.26. The van der Waals surface area contributed by atoms with Gasteiger partial charge in [0.2, 0.25) is 5.91 Å². The van der Waals surface area contributed by atoms with Crippen LogP contribution < -0.4 is 25.4 Å². The van der Waals surface area contributed by atoms with Crippen molar-refractivity contribution in [3.05, 3.63) is 83.9 Å². The minimum Gasteiger partial charge on any atom is -0.486 e. The second-order valence-electron chi connectivity index (χ2n) is 7.80. The number of ether oxygens (including phenoxy) is 2. The second-order valence-corrected chi connectivity index (χ2v) is 7.80. The van der Waals surface area contributed by atoms with Gasteiger partial charge >= 0.3 is 0 Å². The first kappa shape index (κ1) is 23.5. The Morgan fingerprint density at radius 3 is 2.43 bits per heavy atom. The van der Waals surface area contributed by atoms with Gasteiger partial charge in [-0.05, 0) is 42.5 Å². The average Bonchev–Trinajstić information content (AvgIpc) is 2.87. The van der Waals surface area contributed by atoms with E-state index >= 15 is 0 Å². The lowest BCUT2D eigenvalue weighted by Crippen LogP contribution is -2.40. The van der Waals surface area contributed by atoms with E-state index in [9.17, 15) is 19.2 Å². The maximum absolute atomic E-state index is 12.7. The van der Waals surface area contributed by atoms with E-state index in [2.05, 4.69) is 16.0 Å². The van der Waals surface area contributed by atoms with Crippen LogP contribution in [0.2, 0.25) is 0 Å². The molecule has 0 aliphatic carbocycles. The third kappa shape index (κ3) is 5.83. The summed E-state index contributed by atoms with van der Waals surface area (Å²) in [5.41, 5.74) is 0.875. The molecule has 0 spiro atoms. The Morgan fingerprint density at radius 1 is 0.886 bits per heavy atom. The van der Waals surface area contributed by atoms with Crippen LogP contribution >= 0.6 is 0 Å². The molecule has 0 saturated carbocycles. The number of hydrogen-bond acceptors (Lipinski definition) is 6. The molecule has 9 heteroatoms. The number of benzene rings is 3. The van der Waals surface area contributed by atoms with Crippen molar-refractivity contribution in [1.29, 1.82) is 0 Å². The summed E-state index contributed by atoms with van der Waals surface area (Å²) in [6.45, 7) is 1.84. The fourth-order valence-corrected chi connectivity index (χ4v) is 3.50. The molecule has 0 aromatic heterocycles. The van der Waals surface area contributed by atoms with Gasteiger partial charge in [-0.1, -0.05) is 30.3 Å². The minimum atomic E-state index is -0.897. The second kappa shape index (κ2) is 10.5. The van der Waals surface area contributed by atoms with Gasteiger partial charge in [-0.2, -0.15) is 0 Å². The van der Waals surface area contributed by atoms with Gasteiger partial charge in [0, 0.05) is 18.2 Å². The number of anilines is 2. The van der Waals surface area contributed by atoms with Crippen LogP contribution in [0, 0.1) is 0 Å². The number of rotatable bonds is 7. The molecule has 4 rings (SSSR count). The number of Topliss-reactive ketones (excluding diaryl/α,β-unsaturated/α-hetero) is 1. The smallest absolute Gasteiger partial charge is 0.296 e. The summed E-state index contributed by atoms with van der Waals surface area (Å²) in [7, 11) is 0. The van der Waals surface area contributed by atoms with E-state index in [-0.39, 0.29) is 41.4 Å². The first-order chi connectivity index (χ1) is 16.9. The maximum atomic E-state index is 12.7. The van der Waals surface area contributed by atoms with Crippen molar-refractivity contribution >= 4 is 34.9 Å². The van der Waals surface area contributed by atoms with Crippen LogP contribution in [0.3, 0.4) is 0 Å². The third-order valence-electron chi connectivity index (χ3n) is 5.13. The molecule has 35 heavy (non-hydrogen) atoms. The van der Waals surface area contributed by atoms with Crippen molar-refractivity contribution in [2.45, 2.75) is 13.0 Å². The van der Waals surface area contributed by atoms with Crippen LogP contribution in [0.25, 0.3) is 0 Å². The highest BCUT2D eigenvalue weighted by molar-refractivity contribution is 6.47. The number of hydrogen-bond donors (Lipinski definition) is 3. The number of nitrogens with one attached hydrogen (secondary N) is 3. The zero-order valence-corrected chi connectivity index (χ0v) is 18.9. The van der Waals surface area contributed by atoms with E-state index in [1.807, 2.05) is 18.2 Å². The molecule has 0 unspecified atom stereocenters. The molecule has 1 atom stereocenters. The SMILES string of the molecule is CC(=O)Nc1ccccc1C(=O)C(=O)Nc1cccc(C(=O)NC[C@H]2COc3ccccc3O2)c1. The van der Waals surface area contributed by atoms with Crippen LogP contribution in [0.4, 0.5) is 11.4 Å². The van der Waals surface area contributed by atoms with Crippen molar-refractivity contribution in [3.63, 3.8) is 0 Å². The summed E-state index contributed by atoms with van der Waals surface area (Å²) < 4.78 is 11.5. The van der Waals surface area contributed by atoms with Crippen LogP contribution in [0.15, 0.2) is 72.8 Å². The summed E-state index contributed by atoms with van der Waals surface area (Å²) in [6.07, 6.45) is -0.349. The third-order valence-corrected chi connectivity index (χ3v) is 5.13. The number of fused-ring (bicyclic) bond motifs is 1. The summed E-state index contributed by atoms with van der Waals surface area (Å²) in [6, 6.07) is 19.7. The van der Waals surface area contributed by atoms with Gasteiger partial charge in [-0.25, -0.2) is 0 Å². The predicted octanol–water partition coefficient (Wildman–Crippen LogP) is 3.04. The highest BCUT2D eigenvalue weighted by atomic mass is 16.6. The molecule has 3 N–H and O–H groups in total. The van der Waals surface area contributed by atoms with Gasteiger partial charge in [-0.3, -0.25) is 19.2 Å². The predicted molar refractivity (Wildman–Crippen MR) is 129 cm³/mol. The fraction of sp³-hybridized carbons (Fsp3) is 0.154. The topological polar surface area (TPSA) is 123 Å². The molecule has 1 heterocycles. The largest absolute Gasteiger partial charge is 0.486 e. The lowest BCUT2D eigenvalue weighted by atomic mass is 10.1. The van der Waals surface area contributed by atoms with Gasteiger partial charge in [0.15, 0.2) is 11.5 Å². The zero-order valence-electron chi connectivity index (χ0n) is 18.9. The molecule has 3 amide bonds. The molecule has 1 aliphatic rings. The van der Waals surface area contributed by atoms with E-state index < -0.39 is 11.7 Å². The van der Waals surface area contributed by atoms with Crippen LogP contribution in [0.1, 0.15) is 27.6 Å². The Morgan fingerprint density at radius 2 is 1.63 bits per heavy atom. The monoisotopic (exact) mass is 473 g/mol. The van der Waals surface area contributed by atoms with Crippen molar-refractivity contribution in [1.82, 2.24) is 5.32 Å². The molecular formula is C26H23N3O6. The average molecular weight is 473 g/mol. The standard InChI is InChI=1S/C26H23N3O6/c1-16(30)28-21-10-3-2-9-20(21)24(31)26(33)29-18-8-6-7-17(13-18)25(32)27-14-19-15-34-22-11-4-5-12-23(22)35-19/h2-13,19H,14-15H2,1H3,(H,27,32)(H,28,30)(H,29,33)/t19-/m0/s1. The first-order valence-corrected chi connectivity index (χ1v) is 10.9. The first-order valence-electron chi connectivity index (χ1n) is 10.9. The number of carbonyl (C=O) groups is 4. The Kier molecular flexibility index (Phi) is 7.06. The Balaban J connectivity index is 1.36. The Labute approximate surface area is 201 Å². The Hall–Kier alpha value is -4.66. The van der Waals surface area contributed by atoms with E-state index in [1.54, 1.807) is 36.4 Å². The fourth-order valence-electron chi connectivity index (χ4n) is 3.50. The van der Waals surface area contributed by atoms with E-state index in [4.69, 9.17) is 9.47 Å². The van der Waals surface area contributed by atoms with Crippen molar-refractivity contribution < 1.29 is 28.7 Å². The highest BCUT2D eigenvalue weighted by Crippen LogP contribution is 2.30. The van der Waals surface area contributed by atoms with Gasteiger partial charge in [-0.15, -0.1) is 0 Å². The molecule has 178 valence electrons. The molecule has 9 nitrogen and oxygen atoms in total. The zero-order chi connectivity index (χ0) is 24.8. The lowest BCUT2D eigenvalue weighted by molar-refractivity contribution is -0.114. The normalized spacial score (nSPS) is 13.9. The number of amides is 3. The number of ketones is 1. The van der Waals surface area contributed by atoms with E-state index in [0.717, 1.165) is 0 Å². The molecule has 3 aromatic rings. The summed E-state index contributed by atoms with van der Waals surface area (Å²) in [5.74, 6) is -1.17. The quantitative estimate of drug-likeness (QED) is 0.358. The Bertz CT molecular complexity index is 1290. The van der Waals surface area contributed by atoms with Crippen LogP contribution in [-0.2, 0) is 9.59 Å². The molecule has 0 radical (unpaired) electrons. The van der Waals surface area contributed by atoms with Gasteiger partial charge in [0.1, 0.15) is 12.7 Å². The van der Waals surface area contributed by atoms with Crippen LogP contribution in [-0.4, -0.2) is 42.8 Å². The van der Waals surface area contributed by atoms with Crippen molar-refractivity contribution in [2.24, 2.45) is 0 Å². The molecule has 0 fully saturated rings. The molecule has 1 aliphatic heterocycles.